The first kappa shape index (κ1) is 38.4. The minimum absolute atomic E-state index is 0.313. The van der Waals surface area contributed by atoms with Gasteiger partial charge in [-0.2, -0.15) is 0 Å². The minimum Gasteiger partial charge on any atom is -0.371 e. The summed E-state index contributed by atoms with van der Waals surface area (Å²) in [5, 5.41) is 17.3. The van der Waals surface area contributed by atoms with E-state index in [0.29, 0.717) is 25.1 Å². The van der Waals surface area contributed by atoms with Gasteiger partial charge in [-0.05, 0) is 81.3 Å². The summed E-state index contributed by atoms with van der Waals surface area (Å²) in [6.07, 6.45) is 6.99. The van der Waals surface area contributed by atoms with Crippen LogP contribution in [0.25, 0.3) is 22.5 Å². The van der Waals surface area contributed by atoms with Crippen LogP contribution < -0.4 is 5.43 Å². The lowest BCUT2D eigenvalue weighted by Crippen LogP contribution is -2.39. The Kier molecular flexibility index (Phi) is 11.6. The Labute approximate surface area is 348 Å². The van der Waals surface area contributed by atoms with E-state index in [4.69, 9.17) is 20.1 Å². The zero-order valence-corrected chi connectivity index (χ0v) is 33.8. The highest BCUT2D eigenvalue weighted by Gasteiger charge is 2.41. The molecule has 9 rings (SSSR count). The summed E-state index contributed by atoms with van der Waals surface area (Å²) in [6.45, 7) is 4.54. The van der Waals surface area contributed by atoms with Gasteiger partial charge in [0.25, 0.3) is 0 Å². The van der Waals surface area contributed by atoms with Crippen LogP contribution in [-0.4, -0.2) is 44.4 Å². The maximum absolute atomic E-state index is 6.43. The average Bonchev–Trinajstić information content (AvgIpc) is 3.89. The SMILES string of the molecule is CCCCC1NN(CC2CC2)C(COCc2ccccc2)=C1Cc1ccc(-c2ccccc2-c2nnn(C(c3ccccc3)(c3ccccc3)c3ccccc3)n2)cc1. The second kappa shape index (κ2) is 17.8. The highest BCUT2D eigenvalue weighted by atomic mass is 16.5. The molecule has 0 spiro atoms. The first-order valence-electron chi connectivity index (χ1n) is 21.2. The molecule has 0 amide bonds. The van der Waals surface area contributed by atoms with Gasteiger partial charge in [0, 0.05) is 18.2 Å². The van der Waals surface area contributed by atoms with Crippen molar-refractivity contribution in [3.8, 4) is 22.5 Å². The lowest BCUT2D eigenvalue weighted by molar-refractivity contribution is 0.112. The van der Waals surface area contributed by atoms with Gasteiger partial charge < -0.3 is 9.75 Å². The van der Waals surface area contributed by atoms with E-state index in [9.17, 15) is 0 Å². The third-order valence-electron chi connectivity index (χ3n) is 11.9. The van der Waals surface area contributed by atoms with Crippen LogP contribution in [0.4, 0.5) is 0 Å². The number of nitrogens with zero attached hydrogens (tertiary/aromatic N) is 5. The molecule has 2 aliphatic rings. The normalized spacial score (nSPS) is 15.5. The zero-order valence-electron chi connectivity index (χ0n) is 33.8. The molecule has 7 nitrogen and oxygen atoms in total. The molecule has 1 atom stereocenters. The molecule has 296 valence electrons. The minimum atomic E-state index is -0.843. The molecule has 0 bridgehead atoms. The third-order valence-corrected chi connectivity index (χ3v) is 11.9. The van der Waals surface area contributed by atoms with E-state index in [0.717, 1.165) is 58.7 Å². The van der Waals surface area contributed by atoms with Crippen molar-refractivity contribution < 1.29 is 4.74 Å². The van der Waals surface area contributed by atoms with Crippen molar-refractivity contribution in [2.24, 2.45) is 5.92 Å². The molecule has 1 aromatic heterocycles. The molecule has 2 heterocycles. The van der Waals surface area contributed by atoms with Crippen LogP contribution >= 0.6 is 0 Å². The van der Waals surface area contributed by atoms with E-state index in [2.05, 4.69) is 169 Å². The maximum atomic E-state index is 6.43. The van der Waals surface area contributed by atoms with Gasteiger partial charge in [0.15, 0.2) is 5.54 Å². The predicted octanol–water partition coefficient (Wildman–Crippen LogP) is 10.6. The van der Waals surface area contributed by atoms with Crippen molar-refractivity contribution in [1.29, 1.82) is 0 Å². The molecule has 0 saturated heterocycles. The van der Waals surface area contributed by atoms with Gasteiger partial charge in [-0.3, -0.25) is 0 Å². The predicted molar refractivity (Wildman–Crippen MR) is 236 cm³/mol. The van der Waals surface area contributed by atoms with Crippen LogP contribution in [0.15, 0.2) is 181 Å². The van der Waals surface area contributed by atoms with E-state index in [-0.39, 0.29) is 0 Å². The number of nitrogens with one attached hydrogen (secondary N) is 1. The lowest BCUT2D eigenvalue weighted by Gasteiger charge is -2.34. The monoisotopic (exact) mass is 776 g/mol. The van der Waals surface area contributed by atoms with Crippen LogP contribution in [0.2, 0.25) is 0 Å². The summed E-state index contributed by atoms with van der Waals surface area (Å²) in [6, 6.07) is 59.7. The number of hydrogen-bond donors (Lipinski definition) is 1. The van der Waals surface area contributed by atoms with Gasteiger partial charge >= 0.3 is 0 Å². The Bertz CT molecular complexity index is 2350. The number of hydrazine groups is 1. The maximum Gasteiger partial charge on any atom is 0.205 e. The number of tetrazole rings is 1. The van der Waals surface area contributed by atoms with Gasteiger partial charge in [-0.1, -0.05) is 190 Å². The van der Waals surface area contributed by atoms with Crippen LogP contribution in [-0.2, 0) is 23.3 Å². The van der Waals surface area contributed by atoms with E-state index in [1.54, 1.807) is 4.80 Å². The summed E-state index contributed by atoms with van der Waals surface area (Å²) in [5.74, 6) is 1.34. The Morgan fingerprint density at radius 3 is 1.81 bits per heavy atom. The van der Waals surface area contributed by atoms with Crippen molar-refractivity contribution in [3.63, 3.8) is 0 Å². The topological polar surface area (TPSA) is 68.1 Å². The van der Waals surface area contributed by atoms with Gasteiger partial charge in [0.05, 0.1) is 18.9 Å². The molecule has 1 aliphatic carbocycles. The number of benzene rings is 6. The fraction of sp³-hybridized carbons (Fsp3) is 0.250. The van der Waals surface area contributed by atoms with E-state index >= 15 is 0 Å². The second-order valence-corrected chi connectivity index (χ2v) is 16.0. The van der Waals surface area contributed by atoms with Gasteiger partial charge in [-0.25, -0.2) is 5.43 Å². The first-order chi connectivity index (χ1) is 29.2. The van der Waals surface area contributed by atoms with E-state index < -0.39 is 5.54 Å². The second-order valence-electron chi connectivity index (χ2n) is 16.0. The number of ether oxygens (including phenoxy) is 1. The molecule has 1 fully saturated rings. The Balaban J connectivity index is 1.03. The van der Waals surface area contributed by atoms with Crippen LogP contribution in [0.3, 0.4) is 0 Å². The molecule has 7 heteroatoms. The lowest BCUT2D eigenvalue weighted by atomic mass is 9.77. The third kappa shape index (κ3) is 8.27. The van der Waals surface area contributed by atoms with Crippen molar-refractivity contribution in [3.05, 3.63) is 209 Å². The fourth-order valence-corrected chi connectivity index (χ4v) is 8.62. The molecule has 7 aromatic rings. The quantitative estimate of drug-likeness (QED) is 0.0929. The molecule has 1 N–H and O–H groups in total. The largest absolute Gasteiger partial charge is 0.371 e. The molecular formula is C52H52N6O. The van der Waals surface area contributed by atoms with Crippen molar-refractivity contribution >= 4 is 0 Å². The molecular weight excluding hydrogens is 725 g/mol. The molecule has 59 heavy (non-hydrogen) atoms. The average molecular weight is 777 g/mol. The van der Waals surface area contributed by atoms with Gasteiger partial charge in [-0.15, -0.1) is 15.0 Å². The molecule has 6 aromatic carbocycles. The van der Waals surface area contributed by atoms with Crippen LogP contribution in [0.5, 0.6) is 0 Å². The standard InChI is InChI=1S/C52H52N6O/c1-2-3-28-49-48(50(57(54-49)36-40-29-30-40)38-59-37-41-18-8-4-9-19-41)35-39-31-33-42(34-32-39)46-26-16-17-27-47(46)51-53-56-58(55-51)52(43-20-10-5-11-21-43,44-22-12-6-13-23-44)45-24-14-7-15-25-45/h4-27,31-34,40,49,54H,2-3,28-30,35-38H2,1H3. The summed E-state index contributed by atoms with van der Waals surface area (Å²) in [5.41, 5.74) is 14.6. The molecule has 1 unspecified atom stereocenters. The van der Waals surface area contributed by atoms with Crippen molar-refractivity contribution in [1.82, 2.24) is 30.6 Å². The van der Waals surface area contributed by atoms with Crippen LogP contribution in [0, 0.1) is 5.92 Å². The van der Waals surface area contributed by atoms with E-state index in [1.165, 1.54) is 48.1 Å². The summed E-state index contributed by atoms with van der Waals surface area (Å²) in [4.78, 5) is 1.80. The van der Waals surface area contributed by atoms with Crippen LogP contribution in [0.1, 0.15) is 66.8 Å². The first-order valence-corrected chi connectivity index (χ1v) is 21.2. The van der Waals surface area contributed by atoms with Crippen molar-refractivity contribution in [2.75, 3.05) is 13.2 Å². The fourth-order valence-electron chi connectivity index (χ4n) is 8.62. The Morgan fingerprint density at radius 2 is 1.22 bits per heavy atom. The smallest absolute Gasteiger partial charge is 0.205 e. The van der Waals surface area contributed by atoms with Crippen molar-refractivity contribution in [2.45, 2.75) is 63.6 Å². The van der Waals surface area contributed by atoms with Gasteiger partial charge in [0.1, 0.15) is 0 Å². The molecule has 1 saturated carbocycles. The van der Waals surface area contributed by atoms with E-state index in [1.807, 2.05) is 18.2 Å². The number of unbranched alkanes of at least 4 members (excludes halogenated alkanes) is 1. The summed E-state index contributed by atoms with van der Waals surface area (Å²) < 4.78 is 6.43. The number of aromatic nitrogens is 4. The highest BCUT2D eigenvalue weighted by Crippen LogP contribution is 2.41. The number of rotatable bonds is 17. The zero-order chi connectivity index (χ0) is 39.9. The molecule has 1 aliphatic heterocycles. The molecule has 0 radical (unpaired) electrons. The summed E-state index contributed by atoms with van der Waals surface area (Å²) in [7, 11) is 0. The Morgan fingerprint density at radius 1 is 0.644 bits per heavy atom. The highest BCUT2D eigenvalue weighted by molar-refractivity contribution is 5.80. The van der Waals surface area contributed by atoms with Gasteiger partial charge in [0.2, 0.25) is 5.82 Å². The number of hydrogen-bond acceptors (Lipinski definition) is 6. The summed E-state index contributed by atoms with van der Waals surface area (Å²) >= 11 is 0. The Hall–Kier alpha value is -6.15.